The second-order valence-corrected chi connectivity index (χ2v) is 8.28. The molecule has 0 saturated carbocycles. The van der Waals surface area contributed by atoms with Crippen LogP contribution in [-0.4, -0.2) is 53.5 Å². The van der Waals surface area contributed by atoms with Gasteiger partial charge in [-0.05, 0) is 62.3 Å². The fourth-order valence-corrected chi connectivity index (χ4v) is 4.17. The topological polar surface area (TPSA) is 41.6 Å². The summed E-state index contributed by atoms with van der Waals surface area (Å²) in [6.07, 6.45) is -0.0587. The Morgan fingerprint density at radius 3 is 2.47 bits per heavy atom. The minimum absolute atomic E-state index is 0.0910. The summed E-state index contributed by atoms with van der Waals surface area (Å²) in [6.45, 7) is 5.20. The van der Waals surface area contributed by atoms with E-state index in [9.17, 15) is 18.0 Å². The van der Waals surface area contributed by atoms with Crippen LogP contribution in [0.3, 0.4) is 0 Å². The van der Waals surface area contributed by atoms with Gasteiger partial charge in [-0.1, -0.05) is 12.1 Å². The van der Waals surface area contributed by atoms with Gasteiger partial charge in [0.2, 0.25) is 0 Å². The normalized spacial score (nSPS) is 15.7. The SMILES string of the molecule is Cc1cn(Cc2ccc(C(F)(F)F)cc2)c(C(=O)N2CCCN(C)CC2)c1-c1ccco1. The number of hydrogen-bond donors (Lipinski definition) is 0. The van der Waals surface area contributed by atoms with E-state index < -0.39 is 11.7 Å². The third-order valence-corrected chi connectivity index (χ3v) is 5.88. The van der Waals surface area contributed by atoms with E-state index in [0.717, 1.165) is 42.8 Å². The van der Waals surface area contributed by atoms with Crippen LogP contribution in [0, 0.1) is 6.92 Å². The third kappa shape index (κ3) is 4.60. The first-order valence-electron chi connectivity index (χ1n) is 10.6. The zero-order valence-corrected chi connectivity index (χ0v) is 18.2. The zero-order valence-electron chi connectivity index (χ0n) is 18.2. The summed E-state index contributed by atoms with van der Waals surface area (Å²) in [5, 5.41) is 0. The summed E-state index contributed by atoms with van der Waals surface area (Å²) < 4.78 is 46.2. The fourth-order valence-electron chi connectivity index (χ4n) is 4.17. The number of benzene rings is 1. The number of hydrogen-bond acceptors (Lipinski definition) is 3. The molecule has 0 bridgehead atoms. The Balaban J connectivity index is 1.71. The van der Waals surface area contributed by atoms with Crippen molar-refractivity contribution < 1.29 is 22.4 Å². The average molecular weight is 445 g/mol. The maximum atomic E-state index is 13.7. The van der Waals surface area contributed by atoms with Gasteiger partial charge >= 0.3 is 6.18 Å². The van der Waals surface area contributed by atoms with E-state index >= 15 is 0 Å². The van der Waals surface area contributed by atoms with Gasteiger partial charge in [0.25, 0.3) is 5.91 Å². The summed E-state index contributed by atoms with van der Waals surface area (Å²) in [5.41, 5.74) is 2.10. The van der Waals surface area contributed by atoms with Crippen LogP contribution in [0.5, 0.6) is 0 Å². The Bertz CT molecular complexity index is 1070. The van der Waals surface area contributed by atoms with Crippen LogP contribution in [0.25, 0.3) is 11.3 Å². The van der Waals surface area contributed by atoms with E-state index in [1.807, 2.05) is 35.7 Å². The number of nitrogens with zero attached hydrogens (tertiary/aromatic N) is 3. The number of carbonyl (C=O) groups excluding carboxylic acids is 1. The van der Waals surface area contributed by atoms with Crippen LogP contribution in [0.15, 0.2) is 53.3 Å². The van der Waals surface area contributed by atoms with E-state index in [1.54, 1.807) is 12.3 Å². The Hall–Kier alpha value is -3.00. The number of likely N-dealkylation sites (N-methyl/N-ethyl adjacent to an activating group) is 1. The van der Waals surface area contributed by atoms with E-state index in [0.29, 0.717) is 30.1 Å². The van der Waals surface area contributed by atoms with Crippen molar-refractivity contribution in [3.63, 3.8) is 0 Å². The molecule has 8 heteroatoms. The lowest BCUT2D eigenvalue weighted by molar-refractivity contribution is -0.137. The van der Waals surface area contributed by atoms with Gasteiger partial charge < -0.3 is 18.8 Å². The number of alkyl halides is 3. The molecule has 0 radical (unpaired) electrons. The van der Waals surface area contributed by atoms with Crippen LogP contribution < -0.4 is 0 Å². The average Bonchev–Trinajstić information content (AvgIpc) is 3.31. The molecular weight excluding hydrogens is 419 g/mol. The van der Waals surface area contributed by atoms with Crippen molar-refractivity contribution in [2.24, 2.45) is 0 Å². The zero-order chi connectivity index (χ0) is 22.9. The number of carbonyl (C=O) groups is 1. The molecule has 1 aromatic carbocycles. The van der Waals surface area contributed by atoms with E-state index in [1.165, 1.54) is 12.1 Å². The monoisotopic (exact) mass is 445 g/mol. The molecule has 0 spiro atoms. The molecule has 2 aromatic heterocycles. The molecule has 0 aliphatic carbocycles. The van der Waals surface area contributed by atoms with Gasteiger partial charge in [-0.25, -0.2) is 0 Å². The largest absolute Gasteiger partial charge is 0.464 e. The number of aryl methyl sites for hydroxylation is 1. The highest BCUT2D eigenvalue weighted by Gasteiger charge is 2.30. The first kappa shape index (κ1) is 22.2. The molecule has 32 heavy (non-hydrogen) atoms. The summed E-state index contributed by atoms with van der Waals surface area (Å²) in [5.74, 6) is 0.510. The van der Waals surface area contributed by atoms with Crippen molar-refractivity contribution in [2.45, 2.75) is 26.1 Å². The molecule has 4 rings (SSSR count). The lowest BCUT2D eigenvalue weighted by Crippen LogP contribution is -2.36. The Morgan fingerprint density at radius 2 is 1.81 bits per heavy atom. The molecule has 1 amide bonds. The highest BCUT2D eigenvalue weighted by Crippen LogP contribution is 2.32. The molecule has 0 unspecified atom stereocenters. The van der Waals surface area contributed by atoms with E-state index in [2.05, 4.69) is 4.90 Å². The molecule has 3 aromatic rings. The van der Waals surface area contributed by atoms with Crippen LogP contribution in [0.1, 0.15) is 33.6 Å². The summed E-state index contributed by atoms with van der Waals surface area (Å²) in [4.78, 5) is 17.7. The molecule has 0 N–H and O–H groups in total. The standard InChI is InChI=1S/C24H26F3N3O2/c1-17-15-30(16-18-6-8-19(9-7-18)24(25,26)27)22(21(17)20-5-3-14-32-20)23(31)29-11-4-10-28(2)12-13-29/h3,5-9,14-15H,4,10-13,16H2,1-2H3. The minimum atomic E-state index is -4.38. The first-order valence-corrected chi connectivity index (χ1v) is 10.6. The van der Waals surface area contributed by atoms with Gasteiger partial charge in [-0.2, -0.15) is 13.2 Å². The quantitative estimate of drug-likeness (QED) is 0.574. The smallest absolute Gasteiger partial charge is 0.416 e. The predicted molar refractivity (Wildman–Crippen MR) is 115 cm³/mol. The van der Waals surface area contributed by atoms with Crippen molar-refractivity contribution in [1.82, 2.24) is 14.4 Å². The van der Waals surface area contributed by atoms with Crippen molar-refractivity contribution in [3.8, 4) is 11.3 Å². The number of furan rings is 1. The highest BCUT2D eigenvalue weighted by molar-refractivity contribution is 6.00. The molecule has 1 saturated heterocycles. The molecule has 3 heterocycles. The summed E-state index contributed by atoms with van der Waals surface area (Å²) in [7, 11) is 2.04. The molecule has 170 valence electrons. The van der Waals surface area contributed by atoms with Crippen LogP contribution >= 0.6 is 0 Å². The second-order valence-electron chi connectivity index (χ2n) is 8.28. The number of halogens is 3. The minimum Gasteiger partial charge on any atom is -0.464 e. The van der Waals surface area contributed by atoms with Crippen LogP contribution in [0.4, 0.5) is 13.2 Å². The number of rotatable bonds is 4. The lowest BCUT2D eigenvalue weighted by Gasteiger charge is -2.22. The van der Waals surface area contributed by atoms with Gasteiger partial charge in [0.1, 0.15) is 11.5 Å². The molecule has 0 atom stereocenters. The molecule has 1 aliphatic heterocycles. The second kappa shape index (κ2) is 8.86. The molecular formula is C24H26F3N3O2. The number of aromatic nitrogens is 1. The Morgan fingerprint density at radius 1 is 1.06 bits per heavy atom. The van der Waals surface area contributed by atoms with Crippen LogP contribution in [0.2, 0.25) is 0 Å². The van der Waals surface area contributed by atoms with E-state index in [4.69, 9.17) is 4.42 Å². The van der Waals surface area contributed by atoms with Gasteiger partial charge in [0.15, 0.2) is 0 Å². The third-order valence-electron chi connectivity index (χ3n) is 5.88. The maximum Gasteiger partial charge on any atom is 0.416 e. The molecule has 1 aliphatic rings. The lowest BCUT2D eigenvalue weighted by atomic mass is 10.1. The highest BCUT2D eigenvalue weighted by atomic mass is 19.4. The van der Waals surface area contributed by atoms with Crippen molar-refractivity contribution in [2.75, 3.05) is 33.2 Å². The molecule has 1 fully saturated rings. The van der Waals surface area contributed by atoms with Crippen molar-refractivity contribution >= 4 is 5.91 Å². The summed E-state index contributed by atoms with van der Waals surface area (Å²) >= 11 is 0. The van der Waals surface area contributed by atoms with Gasteiger partial charge in [0.05, 0.1) is 17.4 Å². The Kier molecular flexibility index (Phi) is 6.15. The predicted octanol–water partition coefficient (Wildman–Crippen LogP) is 4.90. The fraction of sp³-hybridized carbons (Fsp3) is 0.375. The first-order chi connectivity index (χ1) is 15.2. The van der Waals surface area contributed by atoms with Crippen LogP contribution in [-0.2, 0) is 12.7 Å². The molecule has 5 nitrogen and oxygen atoms in total. The number of amides is 1. The Labute approximate surface area is 185 Å². The van der Waals surface area contributed by atoms with Gasteiger partial charge in [-0.15, -0.1) is 0 Å². The maximum absolute atomic E-state index is 13.7. The van der Waals surface area contributed by atoms with Gasteiger partial charge in [0, 0.05) is 32.4 Å². The van der Waals surface area contributed by atoms with Gasteiger partial charge in [-0.3, -0.25) is 4.79 Å². The van der Waals surface area contributed by atoms with E-state index in [-0.39, 0.29) is 12.5 Å². The van der Waals surface area contributed by atoms with Crippen molar-refractivity contribution in [3.05, 3.63) is 71.2 Å². The summed E-state index contributed by atoms with van der Waals surface area (Å²) in [6, 6.07) is 8.66. The van der Waals surface area contributed by atoms with Crippen molar-refractivity contribution in [1.29, 1.82) is 0 Å².